The molecule has 2 saturated heterocycles. The first-order chi connectivity index (χ1) is 15.7. The summed E-state index contributed by atoms with van der Waals surface area (Å²) in [5, 5.41) is 3.44. The van der Waals surface area contributed by atoms with Crippen LogP contribution < -0.4 is 24.6 Å². The van der Waals surface area contributed by atoms with Crippen LogP contribution in [0.5, 0.6) is 11.8 Å². The van der Waals surface area contributed by atoms with Crippen LogP contribution in [0.3, 0.4) is 0 Å². The van der Waals surface area contributed by atoms with Crippen LogP contribution in [0.15, 0.2) is 18.5 Å². The summed E-state index contributed by atoms with van der Waals surface area (Å²) < 4.78 is 11.8. The number of aromatic nitrogens is 3. The van der Waals surface area contributed by atoms with Gasteiger partial charge in [0.25, 0.3) is 0 Å². The van der Waals surface area contributed by atoms with Crippen LogP contribution in [0.2, 0.25) is 0 Å². The van der Waals surface area contributed by atoms with Gasteiger partial charge in [0.05, 0.1) is 31.2 Å². The molecule has 0 unspecified atom stereocenters. The van der Waals surface area contributed by atoms with Crippen molar-refractivity contribution in [3.05, 3.63) is 29.7 Å². The van der Waals surface area contributed by atoms with Gasteiger partial charge >= 0.3 is 6.01 Å². The van der Waals surface area contributed by atoms with Crippen molar-refractivity contribution in [2.75, 3.05) is 69.8 Å². The van der Waals surface area contributed by atoms with Gasteiger partial charge in [0.15, 0.2) is 0 Å². The largest absolute Gasteiger partial charge is 0.494 e. The standard InChI is InChI=1S/C23H33N7O2/c1-28-10-3-4-17(28)16-32-23-26-19-15-30(20-14-25-7-5-21(20)31-2)11-6-18(19)22(27-23)29-12-8-24-9-13-29/h5,7,14,17,24H,3-4,6,8-13,15-16H2,1-2H3/t17-/m0/s1. The van der Waals surface area contributed by atoms with Gasteiger partial charge < -0.3 is 29.5 Å². The summed E-state index contributed by atoms with van der Waals surface area (Å²) in [7, 11) is 3.87. The molecule has 0 bridgehead atoms. The molecule has 172 valence electrons. The summed E-state index contributed by atoms with van der Waals surface area (Å²) in [5.74, 6) is 1.88. The van der Waals surface area contributed by atoms with Gasteiger partial charge in [0.2, 0.25) is 0 Å². The molecule has 2 fully saturated rings. The van der Waals surface area contributed by atoms with Gasteiger partial charge in [-0.1, -0.05) is 0 Å². The fourth-order valence-corrected chi connectivity index (χ4v) is 4.94. The predicted octanol–water partition coefficient (Wildman–Crippen LogP) is 1.33. The molecule has 0 amide bonds. The molecule has 5 heterocycles. The molecule has 9 nitrogen and oxygen atoms in total. The molecule has 0 saturated carbocycles. The number of nitrogens with one attached hydrogen (secondary N) is 1. The highest BCUT2D eigenvalue weighted by molar-refractivity contribution is 5.60. The molecule has 3 aliphatic heterocycles. The van der Waals surface area contributed by atoms with Crippen molar-refractivity contribution in [2.45, 2.75) is 31.8 Å². The third-order valence-electron chi connectivity index (χ3n) is 6.84. The lowest BCUT2D eigenvalue weighted by atomic mass is 10.0. The zero-order valence-electron chi connectivity index (χ0n) is 19.1. The molecular weight excluding hydrogens is 406 g/mol. The number of ether oxygens (including phenoxy) is 2. The van der Waals surface area contributed by atoms with Crippen molar-refractivity contribution < 1.29 is 9.47 Å². The van der Waals surface area contributed by atoms with Gasteiger partial charge in [0, 0.05) is 56.6 Å². The van der Waals surface area contributed by atoms with E-state index in [9.17, 15) is 0 Å². The Kier molecular flexibility index (Phi) is 6.27. The lowest BCUT2D eigenvalue weighted by Crippen LogP contribution is -2.45. The quantitative estimate of drug-likeness (QED) is 0.717. The van der Waals surface area contributed by atoms with E-state index < -0.39 is 0 Å². The monoisotopic (exact) mass is 439 g/mol. The summed E-state index contributed by atoms with van der Waals surface area (Å²) in [6.45, 7) is 7.19. The minimum absolute atomic E-state index is 0.438. The Labute approximate surface area is 189 Å². The van der Waals surface area contributed by atoms with Crippen molar-refractivity contribution in [1.82, 2.24) is 25.2 Å². The molecule has 5 rings (SSSR count). The van der Waals surface area contributed by atoms with Crippen molar-refractivity contribution in [1.29, 1.82) is 0 Å². The first-order valence-corrected chi connectivity index (χ1v) is 11.6. The molecule has 3 aliphatic rings. The SMILES string of the molecule is COc1ccncc1N1CCc2c(nc(OC[C@@H]3CCCN3C)nc2N2CCNCC2)C1. The van der Waals surface area contributed by atoms with Gasteiger partial charge in [-0.25, -0.2) is 0 Å². The highest BCUT2D eigenvalue weighted by Gasteiger charge is 2.28. The fraction of sp³-hybridized carbons (Fsp3) is 0.609. The average Bonchev–Trinajstić information content (AvgIpc) is 3.26. The number of piperazine rings is 1. The summed E-state index contributed by atoms with van der Waals surface area (Å²) >= 11 is 0. The number of rotatable bonds is 6. The lowest BCUT2D eigenvalue weighted by Gasteiger charge is -2.35. The number of likely N-dealkylation sites (N-methyl/N-ethyl adjacent to an activating group) is 1. The van der Waals surface area contributed by atoms with Crippen LogP contribution >= 0.6 is 0 Å². The molecule has 32 heavy (non-hydrogen) atoms. The summed E-state index contributed by atoms with van der Waals surface area (Å²) in [6, 6.07) is 2.84. The van der Waals surface area contributed by atoms with Crippen LogP contribution in [-0.2, 0) is 13.0 Å². The van der Waals surface area contributed by atoms with Gasteiger partial charge in [-0.2, -0.15) is 9.97 Å². The Morgan fingerprint density at radius 2 is 2.00 bits per heavy atom. The van der Waals surface area contributed by atoms with Crippen LogP contribution in [0.1, 0.15) is 24.1 Å². The maximum atomic E-state index is 6.18. The molecular formula is C23H33N7O2. The smallest absolute Gasteiger partial charge is 0.318 e. The minimum atomic E-state index is 0.438. The molecule has 9 heteroatoms. The Morgan fingerprint density at radius 3 is 2.78 bits per heavy atom. The number of pyridine rings is 1. The maximum absolute atomic E-state index is 6.18. The van der Waals surface area contributed by atoms with Gasteiger partial charge in [-0.3, -0.25) is 4.98 Å². The van der Waals surface area contributed by atoms with E-state index in [1.807, 2.05) is 12.3 Å². The second kappa shape index (κ2) is 9.46. The lowest BCUT2D eigenvalue weighted by molar-refractivity contribution is 0.187. The van der Waals surface area contributed by atoms with Crippen LogP contribution in [-0.4, -0.2) is 85.9 Å². The Balaban J connectivity index is 1.43. The van der Waals surface area contributed by atoms with E-state index in [0.717, 1.165) is 68.6 Å². The van der Waals surface area contributed by atoms with E-state index >= 15 is 0 Å². The average molecular weight is 440 g/mol. The van der Waals surface area contributed by atoms with Crippen LogP contribution in [0.4, 0.5) is 11.5 Å². The molecule has 0 aromatic carbocycles. The molecule has 1 N–H and O–H groups in total. The topological polar surface area (TPSA) is 78.9 Å². The minimum Gasteiger partial charge on any atom is -0.494 e. The first kappa shape index (κ1) is 21.2. The van der Waals surface area contributed by atoms with Crippen molar-refractivity contribution in [3.8, 4) is 11.8 Å². The zero-order chi connectivity index (χ0) is 21.9. The summed E-state index contributed by atoms with van der Waals surface area (Å²) in [6.07, 6.45) is 6.91. The number of likely N-dealkylation sites (tertiary alicyclic amines) is 1. The van der Waals surface area contributed by atoms with E-state index in [2.05, 4.69) is 32.0 Å². The number of anilines is 2. The molecule has 0 radical (unpaired) electrons. The van der Waals surface area contributed by atoms with E-state index in [4.69, 9.17) is 19.4 Å². The predicted molar refractivity (Wildman–Crippen MR) is 124 cm³/mol. The fourth-order valence-electron chi connectivity index (χ4n) is 4.94. The third-order valence-corrected chi connectivity index (χ3v) is 6.84. The second-order valence-corrected chi connectivity index (χ2v) is 8.80. The van der Waals surface area contributed by atoms with E-state index in [0.29, 0.717) is 25.2 Å². The molecule has 2 aromatic heterocycles. The number of hydrogen-bond donors (Lipinski definition) is 1. The van der Waals surface area contributed by atoms with Gasteiger partial charge in [0.1, 0.15) is 18.2 Å². The van der Waals surface area contributed by atoms with Crippen molar-refractivity contribution in [2.24, 2.45) is 0 Å². The maximum Gasteiger partial charge on any atom is 0.318 e. The highest BCUT2D eigenvalue weighted by atomic mass is 16.5. The van der Waals surface area contributed by atoms with Crippen molar-refractivity contribution in [3.63, 3.8) is 0 Å². The molecule has 1 atom stereocenters. The Morgan fingerprint density at radius 1 is 1.12 bits per heavy atom. The Hall–Kier alpha value is -2.65. The molecule has 2 aromatic rings. The molecule has 0 spiro atoms. The normalized spacial score (nSPS) is 21.5. The van der Waals surface area contributed by atoms with E-state index in [1.54, 1.807) is 13.3 Å². The highest BCUT2D eigenvalue weighted by Crippen LogP contribution is 2.34. The summed E-state index contributed by atoms with van der Waals surface area (Å²) in [5.41, 5.74) is 3.29. The Bertz CT molecular complexity index is 935. The van der Waals surface area contributed by atoms with Crippen LogP contribution in [0.25, 0.3) is 0 Å². The van der Waals surface area contributed by atoms with Crippen LogP contribution in [0, 0.1) is 0 Å². The number of hydrogen-bond acceptors (Lipinski definition) is 9. The van der Waals surface area contributed by atoms with E-state index in [1.165, 1.54) is 18.4 Å². The molecule has 0 aliphatic carbocycles. The first-order valence-electron chi connectivity index (χ1n) is 11.6. The summed E-state index contributed by atoms with van der Waals surface area (Å²) in [4.78, 5) is 21.2. The van der Waals surface area contributed by atoms with Gasteiger partial charge in [-0.05, 0) is 32.9 Å². The van der Waals surface area contributed by atoms with Gasteiger partial charge in [-0.15, -0.1) is 0 Å². The number of methoxy groups -OCH3 is 1. The number of fused-ring (bicyclic) bond motifs is 1. The second-order valence-electron chi connectivity index (χ2n) is 8.80. The zero-order valence-corrected chi connectivity index (χ0v) is 19.1. The number of nitrogens with zero attached hydrogens (tertiary/aromatic N) is 6. The third kappa shape index (κ3) is 4.31. The van der Waals surface area contributed by atoms with Crippen molar-refractivity contribution >= 4 is 11.5 Å². The van der Waals surface area contributed by atoms with E-state index in [-0.39, 0.29) is 0 Å².